The molecule has 0 saturated heterocycles. The van der Waals surface area contributed by atoms with Crippen molar-refractivity contribution in [2.45, 2.75) is 0 Å². The Hall–Kier alpha value is -4.75. The van der Waals surface area contributed by atoms with Crippen LogP contribution in [0.15, 0.2) is 127 Å². The molecule has 0 atom stereocenters. The van der Waals surface area contributed by atoms with Crippen molar-refractivity contribution >= 4 is 63.0 Å². The van der Waals surface area contributed by atoms with E-state index in [9.17, 15) is 5.26 Å². The molecule has 0 fully saturated rings. The molecule has 0 radical (unpaired) electrons. The van der Waals surface area contributed by atoms with Crippen molar-refractivity contribution in [3.05, 3.63) is 133 Å². The summed E-state index contributed by atoms with van der Waals surface area (Å²) < 4.78 is 5.19. The molecule has 2 heterocycles. The van der Waals surface area contributed by atoms with Crippen LogP contribution >= 0.6 is 22.7 Å². The first kappa shape index (κ1) is 23.2. The summed E-state index contributed by atoms with van der Waals surface area (Å²) in [5.41, 5.74) is 7.67. The summed E-state index contributed by atoms with van der Waals surface area (Å²) in [4.78, 5) is 0. The van der Waals surface area contributed by atoms with Gasteiger partial charge < -0.3 is 0 Å². The lowest BCUT2D eigenvalue weighted by Gasteiger charge is -2.15. The van der Waals surface area contributed by atoms with Crippen molar-refractivity contribution in [2.75, 3.05) is 0 Å². The minimum atomic E-state index is 0.667. The van der Waals surface area contributed by atoms with Gasteiger partial charge in [-0.2, -0.15) is 5.26 Å². The van der Waals surface area contributed by atoms with E-state index in [0.29, 0.717) is 5.56 Å². The lowest BCUT2D eigenvalue weighted by atomic mass is 9.89. The second-order valence-electron chi connectivity index (χ2n) is 10.0. The Bertz CT molecular complexity index is 2290. The van der Waals surface area contributed by atoms with Gasteiger partial charge in [0, 0.05) is 45.9 Å². The number of fused-ring (bicyclic) bond motifs is 6. The fourth-order valence-electron chi connectivity index (χ4n) is 5.92. The number of nitriles is 1. The molecule has 0 bridgehead atoms. The first-order valence-corrected chi connectivity index (χ1v) is 14.9. The zero-order chi connectivity index (χ0) is 26.6. The SMILES string of the molecule is N#Cc1cccc(-c2cc(-c3cccc4sc5ccccc5c34)ccc2-c2cccc3c2sc2ccccc23)c1. The van der Waals surface area contributed by atoms with Gasteiger partial charge in [-0.3, -0.25) is 0 Å². The van der Waals surface area contributed by atoms with Gasteiger partial charge in [-0.05, 0) is 64.2 Å². The predicted octanol–water partition coefficient (Wildman–Crippen LogP) is 11.3. The summed E-state index contributed by atoms with van der Waals surface area (Å²) in [5, 5.41) is 14.9. The van der Waals surface area contributed by atoms with Gasteiger partial charge in [0.1, 0.15) is 0 Å². The van der Waals surface area contributed by atoms with Gasteiger partial charge in [0.15, 0.2) is 0 Å². The highest BCUT2D eigenvalue weighted by molar-refractivity contribution is 7.26. The van der Waals surface area contributed by atoms with E-state index in [2.05, 4.69) is 115 Å². The van der Waals surface area contributed by atoms with E-state index in [1.807, 2.05) is 40.9 Å². The molecule has 186 valence electrons. The van der Waals surface area contributed by atoms with Crippen LogP contribution in [0, 0.1) is 11.3 Å². The predicted molar refractivity (Wildman–Crippen MR) is 173 cm³/mol. The lowest BCUT2D eigenvalue weighted by Crippen LogP contribution is -1.89. The summed E-state index contributed by atoms with van der Waals surface area (Å²) in [6.07, 6.45) is 0. The number of hydrogen-bond acceptors (Lipinski definition) is 3. The molecule has 2 aromatic heterocycles. The molecule has 8 rings (SSSR count). The highest BCUT2D eigenvalue weighted by Crippen LogP contribution is 2.45. The molecule has 8 aromatic rings. The first-order valence-electron chi connectivity index (χ1n) is 13.2. The molecule has 0 aliphatic rings. The van der Waals surface area contributed by atoms with Gasteiger partial charge >= 0.3 is 0 Å². The van der Waals surface area contributed by atoms with Crippen LogP contribution in [-0.2, 0) is 0 Å². The van der Waals surface area contributed by atoms with Gasteiger partial charge in [0.2, 0.25) is 0 Å². The molecule has 0 N–H and O–H groups in total. The minimum absolute atomic E-state index is 0.667. The van der Waals surface area contributed by atoms with Crippen molar-refractivity contribution in [1.82, 2.24) is 0 Å². The summed E-state index contributed by atoms with van der Waals surface area (Å²) in [6.45, 7) is 0. The Kier molecular flexibility index (Phi) is 5.31. The molecule has 0 saturated carbocycles. The Morgan fingerprint density at radius 1 is 0.450 bits per heavy atom. The number of nitrogens with zero attached hydrogens (tertiary/aromatic N) is 1. The lowest BCUT2D eigenvalue weighted by molar-refractivity contribution is 1.48. The van der Waals surface area contributed by atoms with E-state index >= 15 is 0 Å². The summed E-state index contributed by atoms with van der Waals surface area (Å²) >= 11 is 3.69. The van der Waals surface area contributed by atoms with E-state index in [-0.39, 0.29) is 0 Å². The average Bonchev–Trinajstić information content (AvgIpc) is 3.59. The van der Waals surface area contributed by atoms with E-state index in [0.717, 1.165) is 11.1 Å². The molecular formula is C37H21NS2. The van der Waals surface area contributed by atoms with Crippen molar-refractivity contribution in [3.63, 3.8) is 0 Å². The fraction of sp³-hybridized carbons (Fsp3) is 0. The molecule has 0 amide bonds. The van der Waals surface area contributed by atoms with E-state index < -0.39 is 0 Å². The minimum Gasteiger partial charge on any atom is -0.192 e. The molecule has 40 heavy (non-hydrogen) atoms. The van der Waals surface area contributed by atoms with Crippen molar-refractivity contribution < 1.29 is 0 Å². The van der Waals surface area contributed by atoms with Crippen molar-refractivity contribution in [2.24, 2.45) is 0 Å². The number of rotatable bonds is 3. The van der Waals surface area contributed by atoms with Crippen LogP contribution in [0.3, 0.4) is 0 Å². The highest BCUT2D eigenvalue weighted by atomic mass is 32.1. The molecule has 3 heteroatoms. The molecule has 1 nitrogen and oxygen atoms in total. The zero-order valence-electron chi connectivity index (χ0n) is 21.4. The van der Waals surface area contributed by atoms with Crippen LogP contribution in [0.25, 0.3) is 73.7 Å². The molecule has 0 spiro atoms. The normalized spacial score (nSPS) is 11.5. The van der Waals surface area contributed by atoms with Crippen LogP contribution in [-0.4, -0.2) is 0 Å². The molecule has 6 aromatic carbocycles. The standard InChI is InChI=1S/C37H21NS2/c38-22-23-8-5-9-24(20-23)32-21-25(26-12-7-17-35-36(26)31-11-2-4-16-34(31)39-35)18-19-27(32)29-13-6-14-30-28-10-1-3-15-33(28)40-37(29)30/h1-21H. The maximum absolute atomic E-state index is 9.70. The van der Waals surface area contributed by atoms with Gasteiger partial charge in [0.05, 0.1) is 11.6 Å². The van der Waals surface area contributed by atoms with Crippen LogP contribution in [0.1, 0.15) is 5.56 Å². The average molecular weight is 544 g/mol. The third-order valence-electron chi connectivity index (χ3n) is 7.73. The largest absolute Gasteiger partial charge is 0.192 e. The van der Waals surface area contributed by atoms with Gasteiger partial charge in [0.25, 0.3) is 0 Å². The zero-order valence-corrected chi connectivity index (χ0v) is 23.0. The van der Waals surface area contributed by atoms with Gasteiger partial charge in [-0.1, -0.05) is 91.0 Å². The van der Waals surface area contributed by atoms with Crippen molar-refractivity contribution in [1.29, 1.82) is 5.26 Å². The molecule has 0 unspecified atom stereocenters. The third-order valence-corrected chi connectivity index (χ3v) is 10.1. The Morgan fingerprint density at radius 2 is 1.12 bits per heavy atom. The third kappa shape index (κ3) is 3.58. The van der Waals surface area contributed by atoms with E-state index in [1.165, 1.54) is 62.6 Å². The highest BCUT2D eigenvalue weighted by Gasteiger charge is 2.17. The van der Waals surface area contributed by atoms with Gasteiger partial charge in [-0.25, -0.2) is 0 Å². The summed E-state index contributed by atoms with van der Waals surface area (Å²) in [6, 6.07) is 47.7. The molecule has 0 aliphatic heterocycles. The quantitative estimate of drug-likeness (QED) is 0.217. The first-order chi connectivity index (χ1) is 19.8. The fourth-order valence-corrected chi connectivity index (χ4v) is 8.28. The number of hydrogen-bond donors (Lipinski definition) is 0. The summed E-state index contributed by atoms with van der Waals surface area (Å²) in [5.74, 6) is 0. The maximum Gasteiger partial charge on any atom is 0.0991 e. The smallest absolute Gasteiger partial charge is 0.0991 e. The van der Waals surface area contributed by atoms with Crippen LogP contribution in [0.5, 0.6) is 0 Å². The van der Waals surface area contributed by atoms with Crippen LogP contribution in [0.2, 0.25) is 0 Å². The molecule has 0 aliphatic carbocycles. The Balaban J connectivity index is 1.42. The van der Waals surface area contributed by atoms with E-state index in [4.69, 9.17) is 0 Å². The second kappa shape index (κ2) is 9.17. The molecular weight excluding hydrogens is 523 g/mol. The number of benzene rings is 6. The summed E-state index contributed by atoms with van der Waals surface area (Å²) in [7, 11) is 0. The van der Waals surface area contributed by atoms with Gasteiger partial charge in [-0.15, -0.1) is 22.7 Å². The van der Waals surface area contributed by atoms with E-state index in [1.54, 1.807) is 0 Å². The monoisotopic (exact) mass is 543 g/mol. The number of thiophene rings is 2. The maximum atomic E-state index is 9.70. The van der Waals surface area contributed by atoms with Crippen molar-refractivity contribution in [3.8, 4) is 39.4 Å². The Morgan fingerprint density at radius 3 is 2.00 bits per heavy atom. The second-order valence-corrected chi connectivity index (χ2v) is 12.1. The topological polar surface area (TPSA) is 23.8 Å². The van der Waals surface area contributed by atoms with Crippen LogP contribution in [0.4, 0.5) is 0 Å². The Labute approximate surface area is 239 Å². The van der Waals surface area contributed by atoms with Crippen LogP contribution < -0.4 is 0 Å².